The molecule has 0 bridgehead atoms. The highest BCUT2D eigenvalue weighted by Gasteiger charge is 2.51. The van der Waals surface area contributed by atoms with Crippen molar-refractivity contribution in [2.24, 2.45) is 0 Å². The summed E-state index contributed by atoms with van der Waals surface area (Å²) in [5.74, 6) is 1.05. The van der Waals surface area contributed by atoms with Gasteiger partial charge < -0.3 is 4.57 Å². The summed E-state index contributed by atoms with van der Waals surface area (Å²) in [6.07, 6.45) is 0.837. The first-order chi connectivity index (χ1) is 34.2. The fraction of sp³-hybridized carbons (Fsp3) is 0.0462. The Morgan fingerprint density at radius 3 is 1.54 bits per heavy atom. The highest BCUT2D eigenvalue weighted by Crippen LogP contribution is 2.63. The number of rotatable bonds is 5. The van der Waals surface area contributed by atoms with E-state index in [4.69, 9.17) is 9.97 Å². The summed E-state index contributed by atoms with van der Waals surface area (Å²) in [5, 5.41) is 5.96. The average Bonchev–Trinajstić information content (AvgIpc) is 4.14. The number of hydrogen-bond donors (Lipinski definition) is 0. The zero-order valence-corrected chi connectivity index (χ0v) is 37.9. The largest absolute Gasteiger partial charge is 0.309 e. The number of imidazole rings is 1. The van der Waals surface area contributed by atoms with Crippen LogP contribution in [-0.2, 0) is 11.8 Å². The van der Waals surface area contributed by atoms with E-state index < -0.39 is 5.41 Å². The standard InChI is InChI=1S/C65H42N4/c1-2-63-66-59-27-13-16-30-62(59)69(63)43-33-31-40(32-34-43)41-35-42(37-44(36-41)68-60-28-14-7-21-49(60)50-22-8-15-29-61(50)68)64-53-38-52-47-19-5-11-25-56(47)65(57(52)39-51(53)48-20-6-12-26-58(48)67-64)54-23-9-3-17-45(54)46-18-4-10-24-55(46)65/h3-39H,2H2,1H3. The van der Waals surface area contributed by atoms with Crippen LogP contribution in [0.3, 0.4) is 0 Å². The first kappa shape index (κ1) is 38.3. The molecule has 0 N–H and O–H groups in total. The molecule has 0 aliphatic heterocycles. The molecule has 69 heavy (non-hydrogen) atoms. The van der Waals surface area contributed by atoms with Gasteiger partial charge in [-0.2, -0.15) is 0 Å². The zero-order chi connectivity index (χ0) is 45.4. The number of benzene rings is 10. The fourth-order valence-corrected chi connectivity index (χ4v) is 12.4. The van der Waals surface area contributed by atoms with Gasteiger partial charge in [0.25, 0.3) is 0 Å². The van der Waals surface area contributed by atoms with E-state index in [0.29, 0.717) is 0 Å². The lowest BCUT2D eigenvalue weighted by Crippen LogP contribution is -2.25. The maximum atomic E-state index is 5.67. The van der Waals surface area contributed by atoms with Gasteiger partial charge in [-0.25, -0.2) is 9.97 Å². The van der Waals surface area contributed by atoms with E-state index in [9.17, 15) is 0 Å². The van der Waals surface area contributed by atoms with Gasteiger partial charge in [-0.1, -0.05) is 159 Å². The van der Waals surface area contributed by atoms with E-state index >= 15 is 0 Å². The van der Waals surface area contributed by atoms with Gasteiger partial charge in [0, 0.05) is 44.9 Å². The average molecular weight is 879 g/mol. The summed E-state index contributed by atoms with van der Waals surface area (Å²) in [4.78, 5) is 10.7. The van der Waals surface area contributed by atoms with Crippen molar-refractivity contribution in [2.45, 2.75) is 18.8 Å². The molecule has 0 unspecified atom stereocenters. The molecule has 2 aliphatic carbocycles. The van der Waals surface area contributed by atoms with Crippen molar-refractivity contribution < 1.29 is 0 Å². The van der Waals surface area contributed by atoms with Gasteiger partial charge in [-0.3, -0.25) is 4.57 Å². The monoisotopic (exact) mass is 878 g/mol. The summed E-state index contributed by atoms with van der Waals surface area (Å²) < 4.78 is 4.74. The summed E-state index contributed by atoms with van der Waals surface area (Å²) in [5.41, 5.74) is 22.0. The second-order valence-corrected chi connectivity index (χ2v) is 18.7. The van der Waals surface area contributed by atoms with Crippen molar-refractivity contribution in [3.8, 4) is 56.0 Å². The Balaban J connectivity index is 1.01. The molecule has 0 radical (unpaired) electrons. The van der Waals surface area contributed by atoms with Crippen molar-refractivity contribution in [3.05, 3.63) is 253 Å². The second-order valence-electron chi connectivity index (χ2n) is 18.7. The Kier molecular flexibility index (Phi) is 7.94. The quantitative estimate of drug-likeness (QED) is 0.162. The molecule has 3 aromatic heterocycles. The summed E-state index contributed by atoms with van der Waals surface area (Å²) >= 11 is 0. The van der Waals surface area contributed by atoms with Crippen molar-refractivity contribution >= 4 is 54.5 Å². The van der Waals surface area contributed by atoms with Crippen molar-refractivity contribution in [1.29, 1.82) is 0 Å². The molecule has 4 nitrogen and oxygen atoms in total. The molecule has 0 saturated carbocycles. The van der Waals surface area contributed by atoms with Crippen LogP contribution in [0.1, 0.15) is 35.0 Å². The van der Waals surface area contributed by atoms with Crippen LogP contribution >= 0.6 is 0 Å². The molecule has 10 aromatic carbocycles. The van der Waals surface area contributed by atoms with E-state index in [0.717, 1.165) is 73.3 Å². The molecule has 0 saturated heterocycles. The fourth-order valence-electron chi connectivity index (χ4n) is 12.4. The number of aryl methyl sites for hydroxylation is 1. The summed E-state index contributed by atoms with van der Waals surface area (Å²) in [7, 11) is 0. The topological polar surface area (TPSA) is 35.6 Å². The van der Waals surface area contributed by atoms with Gasteiger partial charge >= 0.3 is 0 Å². The summed E-state index contributed by atoms with van der Waals surface area (Å²) in [6.45, 7) is 2.18. The number of aromatic nitrogens is 4. The molecule has 3 heterocycles. The lowest BCUT2D eigenvalue weighted by atomic mass is 9.70. The smallest absolute Gasteiger partial charge is 0.114 e. The lowest BCUT2D eigenvalue weighted by molar-refractivity contribution is 0.795. The van der Waals surface area contributed by atoms with E-state index in [1.54, 1.807) is 0 Å². The molecule has 15 rings (SSSR count). The van der Waals surface area contributed by atoms with Crippen LogP contribution in [-0.4, -0.2) is 19.1 Å². The van der Waals surface area contributed by atoms with E-state index in [1.165, 1.54) is 71.7 Å². The maximum Gasteiger partial charge on any atom is 0.114 e. The summed E-state index contributed by atoms with van der Waals surface area (Å²) in [6, 6.07) is 83.0. The van der Waals surface area contributed by atoms with E-state index in [1.807, 2.05) is 0 Å². The van der Waals surface area contributed by atoms with E-state index in [2.05, 4.69) is 241 Å². The van der Waals surface area contributed by atoms with Gasteiger partial charge in [0.2, 0.25) is 0 Å². The Hall–Kier alpha value is -8.86. The maximum absolute atomic E-state index is 5.67. The third-order valence-electron chi connectivity index (χ3n) is 15.3. The Labute approximate surface area is 399 Å². The minimum Gasteiger partial charge on any atom is -0.309 e. The highest BCUT2D eigenvalue weighted by atomic mass is 15.1. The lowest BCUT2D eigenvalue weighted by Gasteiger charge is -2.30. The first-order valence-corrected chi connectivity index (χ1v) is 24.0. The third-order valence-corrected chi connectivity index (χ3v) is 15.3. The van der Waals surface area contributed by atoms with Gasteiger partial charge in [-0.15, -0.1) is 0 Å². The van der Waals surface area contributed by atoms with Crippen LogP contribution in [0.5, 0.6) is 0 Å². The Morgan fingerprint density at radius 2 is 0.884 bits per heavy atom. The van der Waals surface area contributed by atoms with Gasteiger partial charge in [0.15, 0.2) is 0 Å². The predicted octanol–water partition coefficient (Wildman–Crippen LogP) is 16.1. The van der Waals surface area contributed by atoms with Crippen molar-refractivity contribution in [1.82, 2.24) is 19.1 Å². The molecule has 1 spiro atoms. The number of fused-ring (bicyclic) bond motifs is 17. The van der Waals surface area contributed by atoms with Gasteiger partial charge in [-0.05, 0) is 134 Å². The normalized spacial score (nSPS) is 13.2. The van der Waals surface area contributed by atoms with Crippen LogP contribution in [0.4, 0.5) is 0 Å². The third kappa shape index (κ3) is 5.23. The first-order valence-electron chi connectivity index (χ1n) is 24.0. The molecule has 4 heteroatoms. The molecular weight excluding hydrogens is 837 g/mol. The number of pyridine rings is 1. The second kappa shape index (κ2) is 14.3. The SMILES string of the molecule is CCc1nc2ccccc2n1-c1ccc(-c2cc(-c3nc4ccccc4c4cc5c(cc34)-c3ccccc3C53c4ccccc4-c4ccccc43)cc(-n3c4ccccc4c4ccccc43)c2)cc1. The van der Waals surface area contributed by atoms with Gasteiger partial charge in [0.1, 0.15) is 5.82 Å². The molecule has 2 aliphatic rings. The minimum absolute atomic E-state index is 0.450. The zero-order valence-electron chi connectivity index (χ0n) is 37.9. The van der Waals surface area contributed by atoms with Crippen LogP contribution in [0.25, 0.3) is 111 Å². The van der Waals surface area contributed by atoms with Crippen LogP contribution in [0.2, 0.25) is 0 Å². The number of hydrogen-bond acceptors (Lipinski definition) is 2. The van der Waals surface area contributed by atoms with Crippen molar-refractivity contribution in [2.75, 3.05) is 0 Å². The molecule has 13 aromatic rings. The van der Waals surface area contributed by atoms with Crippen molar-refractivity contribution in [3.63, 3.8) is 0 Å². The molecular formula is C65H42N4. The predicted molar refractivity (Wildman–Crippen MR) is 285 cm³/mol. The minimum atomic E-state index is -0.450. The Morgan fingerprint density at radius 1 is 0.348 bits per heavy atom. The van der Waals surface area contributed by atoms with Gasteiger partial charge in [0.05, 0.1) is 38.7 Å². The molecule has 322 valence electrons. The number of nitrogens with zero attached hydrogens (tertiary/aromatic N) is 4. The number of para-hydroxylation sites is 5. The van der Waals surface area contributed by atoms with Crippen LogP contribution < -0.4 is 0 Å². The van der Waals surface area contributed by atoms with E-state index in [-0.39, 0.29) is 0 Å². The highest BCUT2D eigenvalue weighted by molar-refractivity contribution is 6.15. The molecule has 0 atom stereocenters. The molecule has 0 fully saturated rings. The Bertz CT molecular complexity index is 4200. The van der Waals surface area contributed by atoms with Crippen LogP contribution in [0, 0.1) is 0 Å². The molecule has 0 amide bonds. The van der Waals surface area contributed by atoms with Crippen LogP contribution in [0.15, 0.2) is 224 Å².